The van der Waals surface area contributed by atoms with Gasteiger partial charge in [-0.3, -0.25) is 9.48 Å². The number of hydrogen-bond donors (Lipinski definition) is 1. The van der Waals surface area contributed by atoms with Crippen LogP contribution in [0.2, 0.25) is 0 Å². The highest BCUT2D eigenvalue weighted by Gasteiger charge is 2.20. The van der Waals surface area contributed by atoms with Gasteiger partial charge in [0.1, 0.15) is 17.1 Å². The molecule has 4 rings (SSSR count). The van der Waals surface area contributed by atoms with E-state index in [1.54, 1.807) is 30.1 Å². The molecule has 0 atom stereocenters. The van der Waals surface area contributed by atoms with Gasteiger partial charge in [0.25, 0.3) is 5.91 Å². The minimum atomic E-state index is -0.106. The van der Waals surface area contributed by atoms with Gasteiger partial charge in [0.2, 0.25) is 0 Å². The van der Waals surface area contributed by atoms with Crippen LogP contribution in [0, 0.1) is 13.8 Å². The fourth-order valence-corrected chi connectivity index (χ4v) is 3.30. The topological polar surface area (TPSA) is 81.9 Å². The SMILES string of the molecule is COc1c(C)cc(-c2nccc(-c3cc4n(n3)CCNC4=O)n2)cc1C. The van der Waals surface area contributed by atoms with Crippen LogP contribution in [-0.2, 0) is 6.54 Å². The molecule has 0 saturated carbocycles. The molecule has 26 heavy (non-hydrogen) atoms. The van der Waals surface area contributed by atoms with Gasteiger partial charge in [-0.05, 0) is 49.2 Å². The van der Waals surface area contributed by atoms with Crippen LogP contribution in [0.4, 0.5) is 0 Å². The van der Waals surface area contributed by atoms with Crippen molar-refractivity contribution in [3.05, 3.63) is 47.3 Å². The zero-order valence-corrected chi connectivity index (χ0v) is 14.9. The molecule has 1 aliphatic rings. The Morgan fingerprint density at radius 2 is 1.92 bits per heavy atom. The number of aryl methyl sites for hydroxylation is 2. The van der Waals surface area contributed by atoms with E-state index in [4.69, 9.17) is 4.74 Å². The first kappa shape index (κ1) is 16.3. The van der Waals surface area contributed by atoms with Gasteiger partial charge < -0.3 is 10.1 Å². The van der Waals surface area contributed by atoms with Crippen molar-refractivity contribution in [1.29, 1.82) is 0 Å². The van der Waals surface area contributed by atoms with Gasteiger partial charge in [0.05, 0.1) is 19.3 Å². The molecule has 3 heterocycles. The molecule has 7 heteroatoms. The number of benzene rings is 1. The second kappa shape index (κ2) is 6.25. The van der Waals surface area contributed by atoms with Gasteiger partial charge >= 0.3 is 0 Å². The summed E-state index contributed by atoms with van der Waals surface area (Å²) in [4.78, 5) is 21.0. The van der Waals surface area contributed by atoms with E-state index in [1.165, 1.54) is 0 Å². The lowest BCUT2D eigenvalue weighted by Gasteiger charge is -2.13. The first-order valence-electron chi connectivity index (χ1n) is 8.42. The van der Waals surface area contributed by atoms with Crippen molar-refractivity contribution in [2.24, 2.45) is 0 Å². The van der Waals surface area contributed by atoms with Crippen LogP contribution < -0.4 is 10.1 Å². The summed E-state index contributed by atoms with van der Waals surface area (Å²) in [7, 11) is 1.67. The maximum atomic E-state index is 11.9. The molecule has 0 unspecified atom stereocenters. The second-order valence-electron chi connectivity index (χ2n) is 6.30. The largest absolute Gasteiger partial charge is 0.496 e. The summed E-state index contributed by atoms with van der Waals surface area (Å²) in [6.45, 7) is 5.25. The standard InChI is InChI=1S/C19H19N5O2/c1-11-8-13(9-12(2)17(11)26-3)18-20-5-4-14(22-18)15-10-16-19(25)21-6-7-24(16)23-15/h4-5,8-10H,6-7H2,1-3H3,(H,21,25). The molecule has 0 fully saturated rings. The zero-order valence-electron chi connectivity index (χ0n) is 14.9. The monoisotopic (exact) mass is 349 g/mol. The molecule has 0 saturated heterocycles. The Hall–Kier alpha value is -3.22. The predicted molar refractivity (Wildman–Crippen MR) is 97.0 cm³/mol. The molecule has 0 bridgehead atoms. The number of rotatable bonds is 3. The van der Waals surface area contributed by atoms with Crippen LogP contribution >= 0.6 is 0 Å². The number of nitrogens with one attached hydrogen (secondary N) is 1. The van der Waals surface area contributed by atoms with Gasteiger partial charge in [0, 0.05) is 18.3 Å². The fraction of sp³-hybridized carbons (Fsp3) is 0.263. The van der Waals surface area contributed by atoms with E-state index in [0.29, 0.717) is 36.0 Å². The van der Waals surface area contributed by atoms with Crippen molar-refractivity contribution in [3.8, 4) is 28.5 Å². The summed E-state index contributed by atoms with van der Waals surface area (Å²) >= 11 is 0. The molecule has 0 spiro atoms. The number of nitrogens with zero attached hydrogens (tertiary/aromatic N) is 4. The van der Waals surface area contributed by atoms with Gasteiger partial charge in [-0.1, -0.05) is 0 Å². The molecular formula is C19H19N5O2. The van der Waals surface area contributed by atoms with Crippen molar-refractivity contribution in [1.82, 2.24) is 25.1 Å². The molecule has 1 amide bonds. The number of carbonyl (C=O) groups is 1. The van der Waals surface area contributed by atoms with Crippen molar-refractivity contribution >= 4 is 5.91 Å². The predicted octanol–water partition coefficient (Wildman–Crippen LogP) is 2.38. The number of amides is 1. The van der Waals surface area contributed by atoms with Crippen molar-refractivity contribution in [2.45, 2.75) is 20.4 Å². The van der Waals surface area contributed by atoms with Crippen molar-refractivity contribution in [2.75, 3.05) is 13.7 Å². The van der Waals surface area contributed by atoms with Crippen LogP contribution in [0.1, 0.15) is 21.6 Å². The molecule has 1 N–H and O–H groups in total. The maximum absolute atomic E-state index is 11.9. The molecule has 0 aliphatic carbocycles. The van der Waals surface area contributed by atoms with E-state index in [2.05, 4.69) is 20.4 Å². The normalized spacial score (nSPS) is 13.3. The minimum Gasteiger partial charge on any atom is -0.496 e. The summed E-state index contributed by atoms with van der Waals surface area (Å²) in [5.74, 6) is 1.38. The first-order chi connectivity index (χ1) is 12.6. The Morgan fingerprint density at radius 1 is 1.15 bits per heavy atom. The molecule has 3 aromatic rings. The third-order valence-corrected chi connectivity index (χ3v) is 4.46. The summed E-state index contributed by atoms with van der Waals surface area (Å²) in [6.07, 6.45) is 1.71. The van der Waals surface area contributed by atoms with E-state index in [0.717, 1.165) is 22.4 Å². The smallest absolute Gasteiger partial charge is 0.269 e. The Kier molecular flexibility index (Phi) is 3.91. The van der Waals surface area contributed by atoms with Crippen molar-refractivity contribution in [3.63, 3.8) is 0 Å². The third kappa shape index (κ3) is 2.71. The van der Waals surface area contributed by atoms with Gasteiger partial charge in [-0.25, -0.2) is 9.97 Å². The van der Waals surface area contributed by atoms with Crippen molar-refractivity contribution < 1.29 is 9.53 Å². The van der Waals surface area contributed by atoms with E-state index >= 15 is 0 Å². The van der Waals surface area contributed by atoms with Crippen LogP contribution in [0.3, 0.4) is 0 Å². The molecule has 2 aromatic heterocycles. The molecular weight excluding hydrogens is 330 g/mol. The summed E-state index contributed by atoms with van der Waals surface area (Å²) < 4.78 is 7.14. The van der Waals surface area contributed by atoms with Crippen LogP contribution in [0.5, 0.6) is 5.75 Å². The quantitative estimate of drug-likeness (QED) is 0.785. The van der Waals surface area contributed by atoms with Gasteiger partial charge in [-0.2, -0.15) is 5.10 Å². The Balaban J connectivity index is 1.75. The maximum Gasteiger partial charge on any atom is 0.269 e. The molecule has 0 radical (unpaired) electrons. The van der Waals surface area contributed by atoms with Gasteiger partial charge in [0.15, 0.2) is 5.82 Å². The highest BCUT2D eigenvalue weighted by atomic mass is 16.5. The first-order valence-corrected chi connectivity index (χ1v) is 8.42. The van der Waals surface area contributed by atoms with Crippen LogP contribution in [0.15, 0.2) is 30.5 Å². The average molecular weight is 349 g/mol. The lowest BCUT2D eigenvalue weighted by molar-refractivity contribution is 0.0924. The number of fused-ring (bicyclic) bond motifs is 1. The zero-order chi connectivity index (χ0) is 18.3. The highest BCUT2D eigenvalue weighted by molar-refractivity contribution is 5.94. The van der Waals surface area contributed by atoms with E-state index < -0.39 is 0 Å². The number of aromatic nitrogens is 4. The van der Waals surface area contributed by atoms with Crippen LogP contribution in [0.25, 0.3) is 22.8 Å². The highest BCUT2D eigenvalue weighted by Crippen LogP contribution is 2.29. The summed E-state index contributed by atoms with van der Waals surface area (Å²) in [5, 5.41) is 7.33. The average Bonchev–Trinajstić information content (AvgIpc) is 3.07. The minimum absolute atomic E-state index is 0.106. The van der Waals surface area contributed by atoms with E-state index in [9.17, 15) is 4.79 Å². The summed E-state index contributed by atoms with van der Waals surface area (Å²) in [6, 6.07) is 7.59. The second-order valence-corrected chi connectivity index (χ2v) is 6.30. The number of methoxy groups -OCH3 is 1. The fourth-order valence-electron chi connectivity index (χ4n) is 3.30. The molecule has 132 valence electrons. The number of ether oxygens (including phenoxy) is 1. The van der Waals surface area contributed by atoms with Crippen LogP contribution in [-0.4, -0.2) is 39.3 Å². The molecule has 1 aromatic carbocycles. The van der Waals surface area contributed by atoms with E-state index in [1.807, 2.05) is 26.0 Å². The number of hydrogen-bond acceptors (Lipinski definition) is 5. The molecule has 7 nitrogen and oxygen atoms in total. The Morgan fingerprint density at radius 3 is 2.62 bits per heavy atom. The third-order valence-electron chi connectivity index (χ3n) is 4.46. The lowest BCUT2D eigenvalue weighted by Crippen LogP contribution is -2.35. The summed E-state index contributed by atoms with van der Waals surface area (Å²) in [5.41, 5.74) is 4.90. The number of carbonyl (C=O) groups excluding carboxylic acids is 1. The molecule has 1 aliphatic heterocycles. The Bertz CT molecular complexity index is 986. The Labute approximate surface area is 151 Å². The van der Waals surface area contributed by atoms with Gasteiger partial charge in [-0.15, -0.1) is 0 Å². The van der Waals surface area contributed by atoms with E-state index in [-0.39, 0.29) is 5.91 Å². The lowest BCUT2D eigenvalue weighted by atomic mass is 10.0.